The molecule has 2 N–H and O–H groups in total. The van der Waals surface area contributed by atoms with Gasteiger partial charge in [-0.05, 0) is 39.7 Å². The van der Waals surface area contributed by atoms with Crippen LogP contribution in [0.2, 0.25) is 0 Å². The topological polar surface area (TPSA) is 82.6 Å². The highest BCUT2D eigenvalue weighted by Gasteiger charge is 2.48. The van der Waals surface area contributed by atoms with Crippen molar-refractivity contribution in [2.24, 2.45) is 5.92 Å². The van der Waals surface area contributed by atoms with Crippen LogP contribution in [0.5, 0.6) is 5.75 Å². The summed E-state index contributed by atoms with van der Waals surface area (Å²) in [7, 11) is 1.61. The molecule has 1 aromatic heterocycles. The SMILES string of the molecule is COc1cc2nn([C@@H]3C[C@@H]4C[C@H]3CN4C(=O)OC(C)(C)C)cc2cc1N. The smallest absolute Gasteiger partial charge is 0.410 e. The van der Waals surface area contributed by atoms with Crippen LogP contribution in [0.15, 0.2) is 18.3 Å². The van der Waals surface area contributed by atoms with Gasteiger partial charge in [-0.2, -0.15) is 5.10 Å². The molecule has 0 radical (unpaired) electrons. The Morgan fingerprint density at radius 1 is 1.31 bits per heavy atom. The summed E-state index contributed by atoms with van der Waals surface area (Å²) < 4.78 is 12.9. The molecular formula is C19H26N4O3. The van der Waals surface area contributed by atoms with Crippen molar-refractivity contribution in [1.82, 2.24) is 14.7 Å². The Kier molecular flexibility index (Phi) is 3.78. The third-order valence-electron chi connectivity index (χ3n) is 5.35. The van der Waals surface area contributed by atoms with E-state index in [0.717, 1.165) is 30.3 Å². The Morgan fingerprint density at radius 3 is 2.69 bits per heavy atom. The molecule has 3 atom stereocenters. The number of amides is 1. The Labute approximate surface area is 153 Å². The number of carbonyl (C=O) groups is 1. The van der Waals surface area contributed by atoms with Gasteiger partial charge in [0.05, 0.1) is 24.4 Å². The average molecular weight is 358 g/mol. The first kappa shape index (κ1) is 17.0. The standard InChI is InChI=1S/C19H26N4O3/c1-19(2,3)26-18(24)22-9-12-5-13(22)7-16(12)23-10-11-6-14(20)17(25-4)8-15(11)21-23/h6,8,10,12-13,16H,5,7,9,20H2,1-4H3/t12-,13-,16+/m0/s1. The first-order valence-electron chi connectivity index (χ1n) is 9.07. The van der Waals surface area contributed by atoms with Crippen molar-refractivity contribution in [2.75, 3.05) is 19.4 Å². The maximum absolute atomic E-state index is 12.4. The summed E-state index contributed by atoms with van der Waals surface area (Å²) in [5.74, 6) is 1.05. The summed E-state index contributed by atoms with van der Waals surface area (Å²) in [4.78, 5) is 14.3. The molecule has 1 aromatic carbocycles. The van der Waals surface area contributed by atoms with E-state index in [1.165, 1.54) is 0 Å². The quantitative estimate of drug-likeness (QED) is 0.834. The lowest BCUT2D eigenvalue weighted by Gasteiger charge is -2.33. The minimum absolute atomic E-state index is 0.202. The van der Waals surface area contributed by atoms with Gasteiger partial charge in [0.25, 0.3) is 0 Å². The second-order valence-corrected chi connectivity index (χ2v) is 8.35. The van der Waals surface area contributed by atoms with Crippen molar-refractivity contribution in [2.45, 2.75) is 51.3 Å². The van der Waals surface area contributed by atoms with E-state index in [-0.39, 0.29) is 12.1 Å². The summed E-state index contributed by atoms with van der Waals surface area (Å²) in [6.45, 7) is 6.43. The van der Waals surface area contributed by atoms with Gasteiger partial charge >= 0.3 is 6.09 Å². The summed E-state index contributed by atoms with van der Waals surface area (Å²) in [5.41, 5.74) is 7.03. The molecule has 2 heterocycles. The number of nitrogen functional groups attached to an aromatic ring is 1. The summed E-state index contributed by atoms with van der Waals surface area (Å²) in [6.07, 6.45) is 3.76. The maximum atomic E-state index is 12.4. The lowest BCUT2D eigenvalue weighted by atomic mass is 10.0. The number of likely N-dealkylation sites (tertiary alicyclic amines) is 1. The number of fused-ring (bicyclic) bond motifs is 3. The van der Waals surface area contributed by atoms with E-state index in [2.05, 4.69) is 0 Å². The number of benzene rings is 1. The number of ether oxygens (including phenoxy) is 2. The molecule has 1 aliphatic heterocycles. The second-order valence-electron chi connectivity index (χ2n) is 8.35. The van der Waals surface area contributed by atoms with Crippen LogP contribution in [-0.2, 0) is 4.74 Å². The van der Waals surface area contributed by atoms with Crippen molar-refractivity contribution in [3.63, 3.8) is 0 Å². The molecule has 7 nitrogen and oxygen atoms in total. The number of rotatable bonds is 2. The highest BCUT2D eigenvalue weighted by atomic mass is 16.6. The minimum Gasteiger partial charge on any atom is -0.495 e. The number of carbonyl (C=O) groups excluding carboxylic acids is 1. The van der Waals surface area contributed by atoms with Crippen LogP contribution in [-0.4, -0.2) is 46.1 Å². The van der Waals surface area contributed by atoms with Gasteiger partial charge in [0.1, 0.15) is 11.4 Å². The summed E-state index contributed by atoms with van der Waals surface area (Å²) in [5, 5.41) is 5.75. The van der Waals surface area contributed by atoms with Crippen molar-refractivity contribution in [3.8, 4) is 5.75 Å². The Hall–Kier alpha value is -2.44. The number of anilines is 1. The van der Waals surface area contributed by atoms with E-state index in [1.807, 2.05) is 48.7 Å². The molecular weight excluding hydrogens is 332 g/mol. The van der Waals surface area contributed by atoms with Crippen molar-refractivity contribution in [3.05, 3.63) is 18.3 Å². The first-order chi connectivity index (χ1) is 12.2. The van der Waals surface area contributed by atoms with Gasteiger partial charge in [-0.15, -0.1) is 0 Å². The molecule has 1 saturated heterocycles. The number of nitrogens with zero attached hydrogens (tertiary/aromatic N) is 3. The average Bonchev–Trinajstić information content (AvgIpc) is 3.24. The molecule has 0 spiro atoms. The molecule has 1 saturated carbocycles. The lowest BCUT2D eigenvalue weighted by molar-refractivity contribution is 0.0162. The fraction of sp³-hybridized carbons (Fsp3) is 0.579. The predicted molar refractivity (Wildman–Crippen MR) is 99.2 cm³/mol. The number of methoxy groups -OCH3 is 1. The van der Waals surface area contributed by atoms with Gasteiger partial charge in [0.15, 0.2) is 0 Å². The third-order valence-corrected chi connectivity index (χ3v) is 5.35. The maximum Gasteiger partial charge on any atom is 0.410 e. The number of piperidine rings is 1. The summed E-state index contributed by atoms with van der Waals surface area (Å²) in [6, 6.07) is 4.31. The highest BCUT2D eigenvalue weighted by Crippen LogP contribution is 2.45. The number of hydrogen-bond donors (Lipinski definition) is 1. The predicted octanol–water partition coefficient (Wildman–Crippen LogP) is 3.20. The fourth-order valence-electron chi connectivity index (χ4n) is 4.23. The fourth-order valence-corrected chi connectivity index (χ4v) is 4.23. The number of nitrogens with two attached hydrogens (primary N) is 1. The first-order valence-corrected chi connectivity index (χ1v) is 9.07. The molecule has 0 unspecified atom stereocenters. The van der Waals surface area contributed by atoms with Crippen LogP contribution in [0.4, 0.5) is 10.5 Å². The van der Waals surface area contributed by atoms with E-state index in [4.69, 9.17) is 20.3 Å². The summed E-state index contributed by atoms with van der Waals surface area (Å²) >= 11 is 0. The number of aromatic nitrogens is 2. The molecule has 2 aromatic rings. The van der Waals surface area contributed by atoms with Crippen molar-refractivity contribution < 1.29 is 14.3 Å². The molecule has 140 valence electrons. The van der Waals surface area contributed by atoms with Crippen LogP contribution in [0.25, 0.3) is 10.9 Å². The van der Waals surface area contributed by atoms with Crippen molar-refractivity contribution >= 4 is 22.7 Å². The van der Waals surface area contributed by atoms with Crippen LogP contribution in [0.1, 0.15) is 39.7 Å². The third kappa shape index (κ3) is 2.85. The second kappa shape index (κ2) is 5.79. The Balaban J connectivity index is 1.52. The normalized spacial score (nSPS) is 25.1. The van der Waals surface area contributed by atoms with E-state index in [1.54, 1.807) is 7.11 Å². The van der Waals surface area contributed by atoms with Gasteiger partial charge in [0, 0.05) is 36.2 Å². The van der Waals surface area contributed by atoms with Crippen LogP contribution >= 0.6 is 0 Å². The largest absolute Gasteiger partial charge is 0.495 e. The monoisotopic (exact) mass is 358 g/mol. The molecule has 2 bridgehead atoms. The van der Waals surface area contributed by atoms with Crippen LogP contribution in [0.3, 0.4) is 0 Å². The van der Waals surface area contributed by atoms with Gasteiger partial charge in [-0.3, -0.25) is 4.68 Å². The van der Waals surface area contributed by atoms with Gasteiger partial charge in [-0.1, -0.05) is 0 Å². The van der Waals surface area contributed by atoms with Gasteiger partial charge < -0.3 is 20.1 Å². The lowest BCUT2D eigenvalue weighted by Crippen LogP contribution is -2.43. The minimum atomic E-state index is -0.461. The number of hydrogen-bond acceptors (Lipinski definition) is 5. The molecule has 2 aliphatic rings. The van der Waals surface area contributed by atoms with Crippen LogP contribution in [0, 0.1) is 5.92 Å². The zero-order valence-electron chi connectivity index (χ0n) is 15.7. The van der Waals surface area contributed by atoms with E-state index in [9.17, 15) is 4.79 Å². The zero-order chi connectivity index (χ0) is 18.6. The molecule has 1 aliphatic carbocycles. The van der Waals surface area contributed by atoms with E-state index >= 15 is 0 Å². The molecule has 26 heavy (non-hydrogen) atoms. The highest BCUT2D eigenvalue weighted by molar-refractivity contribution is 5.84. The van der Waals surface area contributed by atoms with E-state index < -0.39 is 5.60 Å². The zero-order valence-corrected chi connectivity index (χ0v) is 15.7. The van der Waals surface area contributed by atoms with Crippen LogP contribution < -0.4 is 10.5 Å². The van der Waals surface area contributed by atoms with Gasteiger partial charge in [0.2, 0.25) is 0 Å². The molecule has 4 rings (SSSR count). The molecule has 2 fully saturated rings. The van der Waals surface area contributed by atoms with Crippen molar-refractivity contribution in [1.29, 1.82) is 0 Å². The molecule has 7 heteroatoms. The Bertz CT molecular complexity index is 854. The van der Waals surface area contributed by atoms with Gasteiger partial charge in [-0.25, -0.2) is 4.79 Å². The van der Waals surface area contributed by atoms with E-state index in [0.29, 0.717) is 23.4 Å². The Morgan fingerprint density at radius 2 is 2.08 bits per heavy atom. The molecule has 1 amide bonds.